The Morgan fingerprint density at radius 1 is 1.44 bits per heavy atom. The van der Waals surface area contributed by atoms with E-state index in [2.05, 4.69) is 0 Å². The zero-order chi connectivity index (χ0) is 13.2. The number of alkyl halides is 1. The molecule has 1 aromatic carbocycles. The molecule has 100 valence electrons. The third kappa shape index (κ3) is 2.25. The lowest BCUT2D eigenvalue weighted by Crippen LogP contribution is -2.55. The summed E-state index contributed by atoms with van der Waals surface area (Å²) in [6, 6.07) is 5.82. The van der Waals surface area contributed by atoms with E-state index in [1.165, 1.54) is 18.2 Å². The van der Waals surface area contributed by atoms with E-state index in [1.807, 2.05) is 0 Å². The standard InChI is InChI=1S/C13H17F2NO2/c14-8-13(16,9-3-1-2-4-11(9)15)10-7-18-6-5-12(10)17/h1-4,10,12,17H,5-8,16H2/t10-,12+,13+/m0/s1. The number of benzene rings is 1. The molecule has 18 heavy (non-hydrogen) atoms. The van der Waals surface area contributed by atoms with Gasteiger partial charge in [0.25, 0.3) is 0 Å². The predicted molar refractivity (Wildman–Crippen MR) is 63.2 cm³/mol. The van der Waals surface area contributed by atoms with Gasteiger partial charge in [-0.25, -0.2) is 8.78 Å². The van der Waals surface area contributed by atoms with Crippen molar-refractivity contribution in [2.45, 2.75) is 18.1 Å². The van der Waals surface area contributed by atoms with Crippen LogP contribution in [-0.4, -0.2) is 31.1 Å². The van der Waals surface area contributed by atoms with Crippen molar-refractivity contribution in [1.82, 2.24) is 0 Å². The Morgan fingerprint density at radius 2 is 2.17 bits per heavy atom. The Hall–Kier alpha value is -1.04. The van der Waals surface area contributed by atoms with Crippen LogP contribution in [0, 0.1) is 11.7 Å². The summed E-state index contributed by atoms with van der Waals surface area (Å²) in [6.45, 7) is -0.397. The van der Waals surface area contributed by atoms with Crippen LogP contribution in [0.25, 0.3) is 0 Å². The maximum absolute atomic E-state index is 13.8. The molecule has 5 heteroatoms. The van der Waals surface area contributed by atoms with E-state index in [0.717, 1.165) is 0 Å². The first-order valence-electron chi connectivity index (χ1n) is 5.95. The third-order valence-electron chi connectivity index (χ3n) is 3.58. The van der Waals surface area contributed by atoms with Crippen molar-refractivity contribution in [2.75, 3.05) is 19.9 Å². The van der Waals surface area contributed by atoms with Gasteiger partial charge >= 0.3 is 0 Å². The fourth-order valence-corrected chi connectivity index (χ4v) is 2.43. The van der Waals surface area contributed by atoms with Crippen LogP contribution in [0.4, 0.5) is 8.78 Å². The minimum Gasteiger partial charge on any atom is -0.393 e. The topological polar surface area (TPSA) is 55.5 Å². The second-order valence-electron chi connectivity index (χ2n) is 4.69. The zero-order valence-corrected chi connectivity index (χ0v) is 9.98. The molecule has 1 aliphatic rings. The van der Waals surface area contributed by atoms with Gasteiger partial charge in [-0.3, -0.25) is 0 Å². The summed E-state index contributed by atoms with van der Waals surface area (Å²) in [5, 5.41) is 9.94. The Labute approximate surface area is 105 Å². The first-order chi connectivity index (χ1) is 8.59. The summed E-state index contributed by atoms with van der Waals surface area (Å²) in [6.07, 6.45) is -0.392. The molecule has 0 saturated carbocycles. The predicted octanol–water partition coefficient (Wildman–Crippen LogP) is 1.35. The normalized spacial score (nSPS) is 27.8. The van der Waals surface area contributed by atoms with Crippen LogP contribution in [0.2, 0.25) is 0 Å². The molecule has 3 N–H and O–H groups in total. The van der Waals surface area contributed by atoms with Crippen LogP contribution in [0.5, 0.6) is 0 Å². The van der Waals surface area contributed by atoms with E-state index < -0.39 is 30.1 Å². The minimum absolute atomic E-state index is 0.0852. The highest BCUT2D eigenvalue weighted by atomic mass is 19.1. The van der Waals surface area contributed by atoms with Gasteiger partial charge in [0.1, 0.15) is 12.5 Å². The molecule has 0 aromatic heterocycles. The average molecular weight is 257 g/mol. The molecule has 0 radical (unpaired) electrons. The van der Waals surface area contributed by atoms with Gasteiger partial charge in [0.15, 0.2) is 0 Å². The molecule has 0 aliphatic carbocycles. The number of nitrogens with two attached hydrogens (primary N) is 1. The Bertz CT molecular complexity index is 416. The fraction of sp³-hybridized carbons (Fsp3) is 0.538. The smallest absolute Gasteiger partial charge is 0.128 e. The molecule has 1 aliphatic heterocycles. The van der Waals surface area contributed by atoms with Gasteiger partial charge in [-0.15, -0.1) is 0 Å². The van der Waals surface area contributed by atoms with Crippen molar-refractivity contribution in [2.24, 2.45) is 11.7 Å². The Morgan fingerprint density at radius 3 is 2.78 bits per heavy atom. The highest BCUT2D eigenvalue weighted by Gasteiger charge is 2.44. The lowest BCUT2D eigenvalue weighted by atomic mass is 9.75. The molecule has 1 heterocycles. The number of aliphatic hydroxyl groups is 1. The van der Waals surface area contributed by atoms with Gasteiger partial charge in [-0.1, -0.05) is 18.2 Å². The van der Waals surface area contributed by atoms with Gasteiger partial charge in [-0.2, -0.15) is 0 Å². The second kappa shape index (κ2) is 5.30. The van der Waals surface area contributed by atoms with Crippen LogP contribution in [0.15, 0.2) is 24.3 Å². The molecular weight excluding hydrogens is 240 g/mol. The summed E-state index contributed by atoms with van der Waals surface area (Å²) in [4.78, 5) is 0. The SMILES string of the molecule is N[C@](CF)(c1ccccc1F)[C@H]1COCC[C@H]1O. The van der Waals surface area contributed by atoms with Crippen LogP contribution >= 0.6 is 0 Å². The van der Waals surface area contributed by atoms with Crippen LogP contribution in [-0.2, 0) is 10.3 Å². The van der Waals surface area contributed by atoms with Gasteiger partial charge in [0, 0.05) is 18.1 Å². The lowest BCUT2D eigenvalue weighted by molar-refractivity contribution is -0.0713. The highest BCUT2D eigenvalue weighted by molar-refractivity contribution is 5.28. The average Bonchev–Trinajstić information content (AvgIpc) is 2.39. The van der Waals surface area contributed by atoms with E-state index in [1.54, 1.807) is 6.07 Å². The first-order valence-corrected chi connectivity index (χ1v) is 5.95. The van der Waals surface area contributed by atoms with Crippen molar-refractivity contribution in [3.8, 4) is 0 Å². The summed E-state index contributed by atoms with van der Waals surface area (Å²) >= 11 is 0. The van der Waals surface area contributed by atoms with Gasteiger partial charge < -0.3 is 15.6 Å². The molecule has 0 unspecified atom stereocenters. The quantitative estimate of drug-likeness (QED) is 0.859. The largest absolute Gasteiger partial charge is 0.393 e. The number of aliphatic hydroxyl groups excluding tert-OH is 1. The molecule has 3 atom stereocenters. The lowest BCUT2D eigenvalue weighted by Gasteiger charge is -2.40. The van der Waals surface area contributed by atoms with E-state index in [0.29, 0.717) is 13.0 Å². The van der Waals surface area contributed by atoms with Crippen LogP contribution in [0.3, 0.4) is 0 Å². The number of hydrogen-bond donors (Lipinski definition) is 2. The first kappa shape index (κ1) is 13.4. The molecule has 0 amide bonds. The summed E-state index contributed by atoms with van der Waals surface area (Å²) in [5.41, 5.74) is 4.56. The highest BCUT2D eigenvalue weighted by Crippen LogP contribution is 2.34. The van der Waals surface area contributed by atoms with E-state index in [9.17, 15) is 13.9 Å². The molecule has 1 saturated heterocycles. The number of hydrogen-bond acceptors (Lipinski definition) is 3. The van der Waals surface area contributed by atoms with Crippen molar-refractivity contribution < 1.29 is 18.6 Å². The maximum Gasteiger partial charge on any atom is 0.128 e. The van der Waals surface area contributed by atoms with Crippen molar-refractivity contribution in [3.05, 3.63) is 35.6 Å². The summed E-state index contributed by atoms with van der Waals surface area (Å²) in [7, 11) is 0. The molecular formula is C13H17F2NO2. The maximum atomic E-state index is 13.8. The molecule has 3 nitrogen and oxygen atoms in total. The van der Waals surface area contributed by atoms with Gasteiger partial charge in [-0.05, 0) is 12.5 Å². The second-order valence-corrected chi connectivity index (χ2v) is 4.69. The summed E-state index contributed by atoms with van der Waals surface area (Å²) < 4.78 is 32.4. The monoisotopic (exact) mass is 257 g/mol. The van der Waals surface area contributed by atoms with Crippen molar-refractivity contribution in [3.63, 3.8) is 0 Å². The zero-order valence-electron chi connectivity index (χ0n) is 9.98. The molecule has 1 aromatic rings. The number of ether oxygens (including phenoxy) is 1. The molecule has 2 rings (SSSR count). The van der Waals surface area contributed by atoms with Crippen molar-refractivity contribution in [1.29, 1.82) is 0 Å². The van der Waals surface area contributed by atoms with E-state index >= 15 is 0 Å². The van der Waals surface area contributed by atoms with Crippen LogP contribution in [0.1, 0.15) is 12.0 Å². The van der Waals surface area contributed by atoms with Gasteiger partial charge in [0.2, 0.25) is 0 Å². The Kier molecular flexibility index (Phi) is 3.94. The number of rotatable bonds is 3. The minimum atomic E-state index is -1.55. The van der Waals surface area contributed by atoms with Crippen LogP contribution < -0.4 is 5.73 Å². The fourth-order valence-electron chi connectivity index (χ4n) is 2.43. The summed E-state index contributed by atoms with van der Waals surface area (Å²) in [5.74, 6) is -1.21. The molecule has 0 spiro atoms. The molecule has 1 fully saturated rings. The third-order valence-corrected chi connectivity index (χ3v) is 3.58. The van der Waals surface area contributed by atoms with Gasteiger partial charge in [0.05, 0.1) is 18.2 Å². The van der Waals surface area contributed by atoms with E-state index in [-0.39, 0.29) is 12.2 Å². The number of halogens is 2. The van der Waals surface area contributed by atoms with E-state index in [4.69, 9.17) is 10.5 Å². The van der Waals surface area contributed by atoms with Crippen molar-refractivity contribution >= 4 is 0 Å². The Balaban J connectivity index is 2.38. The molecule has 0 bridgehead atoms.